The van der Waals surface area contributed by atoms with Gasteiger partial charge in [0, 0.05) is 24.3 Å². The van der Waals surface area contributed by atoms with Gasteiger partial charge in [0.05, 0.1) is 17.7 Å². The van der Waals surface area contributed by atoms with E-state index < -0.39 is 0 Å². The average Bonchev–Trinajstić information content (AvgIpc) is 3.12. The van der Waals surface area contributed by atoms with Gasteiger partial charge < -0.3 is 10.4 Å². The van der Waals surface area contributed by atoms with E-state index in [-0.39, 0.29) is 24.0 Å². The third-order valence-corrected chi connectivity index (χ3v) is 5.13. The second kappa shape index (κ2) is 6.88. The molecule has 26 heavy (non-hydrogen) atoms. The fraction of sp³-hybridized carbons (Fsp3) is 0.350. The summed E-state index contributed by atoms with van der Waals surface area (Å²) in [6.45, 7) is 2.59. The third-order valence-electron chi connectivity index (χ3n) is 5.13. The predicted molar refractivity (Wildman–Crippen MR) is 98.6 cm³/mol. The summed E-state index contributed by atoms with van der Waals surface area (Å²) in [5, 5.41) is 18.1. The van der Waals surface area contributed by atoms with Crippen LogP contribution in [0.5, 0.6) is 0 Å². The summed E-state index contributed by atoms with van der Waals surface area (Å²) in [6.07, 6.45) is 4.55. The lowest BCUT2D eigenvalue weighted by molar-refractivity contribution is 0.0234. The molecule has 0 spiro atoms. The molecule has 2 aromatic heterocycles. The third kappa shape index (κ3) is 3.08. The fourth-order valence-electron chi connectivity index (χ4n) is 3.63. The Kier molecular flexibility index (Phi) is 4.42. The molecular formula is C20H22N4O2. The number of aliphatic hydroxyl groups is 1. The topological polar surface area (TPSA) is 80.0 Å². The standard InChI is InChI=1S/C20H22N4O2/c1-2-24-18(7-8-22-24)20(26)23-19(14-10-16(25)11-14)15-9-13-5-3-4-6-17(13)21-12-15/h3-9,12,14,16,19,25H,2,10-11H2,1H3,(H,23,26)/t14?,16?,19-/m1/s1. The molecule has 1 aliphatic carbocycles. The number of benzene rings is 1. The molecule has 0 unspecified atom stereocenters. The first-order valence-electron chi connectivity index (χ1n) is 9.01. The molecule has 4 rings (SSSR count). The minimum absolute atomic E-state index is 0.149. The Morgan fingerprint density at radius 2 is 2.15 bits per heavy atom. The minimum Gasteiger partial charge on any atom is -0.393 e. The maximum Gasteiger partial charge on any atom is 0.270 e. The number of fused-ring (bicyclic) bond motifs is 1. The number of carbonyl (C=O) groups is 1. The summed E-state index contributed by atoms with van der Waals surface area (Å²) >= 11 is 0. The van der Waals surface area contributed by atoms with Gasteiger partial charge in [0.15, 0.2) is 0 Å². The van der Waals surface area contributed by atoms with Crippen LogP contribution in [0.2, 0.25) is 0 Å². The summed E-state index contributed by atoms with van der Waals surface area (Å²) in [5.74, 6) is 0.0545. The molecule has 1 aliphatic rings. The summed E-state index contributed by atoms with van der Waals surface area (Å²) in [5.41, 5.74) is 2.45. The van der Waals surface area contributed by atoms with Crippen molar-refractivity contribution in [3.05, 3.63) is 60.0 Å². The van der Waals surface area contributed by atoms with E-state index in [2.05, 4.69) is 21.5 Å². The van der Waals surface area contributed by atoms with Gasteiger partial charge in [-0.2, -0.15) is 5.10 Å². The summed E-state index contributed by atoms with van der Waals surface area (Å²) in [7, 11) is 0. The summed E-state index contributed by atoms with van der Waals surface area (Å²) in [6, 6.07) is 11.6. The van der Waals surface area contributed by atoms with E-state index in [0.717, 1.165) is 16.5 Å². The maximum absolute atomic E-state index is 12.8. The van der Waals surface area contributed by atoms with Crippen LogP contribution in [0.15, 0.2) is 48.8 Å². The number of pyridine rings is 1. The quantitative estimate of drug-likeness (QED) is 0.741. The summed E-state index contributed by atoms with van der Waals surface area (Å²) in [4.78, 5) is 17.3. The molecule has 2 N–H and O–H groups in total. The molecule has 1 atom stereocenters. The van der Waals surface area contributed by atoms with E-state index in [4.69, 9.17) is 0 Å². The molecule has 6 nitrogen and oxygen atoms in total. The first-order valence-corrected chi connectivity index (χ1v) is 9.01. The smallest absolute Gasteiger partial charge is 0.270 e. The first-order chi connectivity index (χ1) is 12.7. The Bertz CT molecular complexity index is 930. The molecule has 1 aromatic carbocycles. The molecule has 134 valence electrons. The van der Waals surface area contributed by atoms with Crippen molar-refractivity contribution in [2.24, 2.45) is 5.92 Å². The van der Waals surface area contributed by atoms with Crippen molar-refractivity contribution in [3.8, 4) is 0 Å². The van der Waals surface area contributed by atoms with Crippen molar-refractivity contribution in [1.29, 1.82) is 0 Å². The van der Waals surface area contributed by atoms with Crippen molar-refractivity contribution < 1.29 is 9.90 Å². The zero-order chi connectivity index (χ0) is 18.1. The van der Waals surface area contributed by atoms with Crippen molar-refractivity contribution in [2.75, 3.05) is 0 Å². The molecule has 1 amide bonds. The van der Waals surface area contributed by atoms with E-state index in [1.807, 2.05) is 37.4 Å². The van der Waals surface area contributed by atoms with Gasteiger partial charge in [-0.25, -0.2) is 0 Å². The largest absolute Gasteiger partial charge is 0.393 e. The second-order valence-electron chi connectivity index (χ2n) is 6.83. The molecule has 1 fully saturated rings. The van der Waals surface area contributed by atoms with Gasteiger partial charge in [0.2, 0.25) is 0 Å². The lowest BCUT2D eigenvalue weighted by Crippen LogP contribution is -2.42. The van der Waals surface area contributed by atoms with Crippen LogP contribution in [-0.4, -0.2) is 31.9 Å². The van der Waals surface area contributed by atoms with E-state index in [0.29, 0.717) is 25.1 Å². The zero-order valence-electron chi connectivity index (χ0n) is 14.7. The number of hydrogen-bond donors (Lipinski definition) is 2. The molecule has 2 heterocycles. The SMILES string of the molecule is CCn1nccc1C(=O)N[C@@H](c1cnc2ccccc2c1)C1CC(O)C1. The second-order valence-corrected chi connectivity index (χ2v) is 6.83. The van der Waals surface area contributed by atoms with Crippen molar-refractivity contribution in [3.63, 3.8) is 0 Å². The van der Waals surface area contributed by atoms with Gasteiger partial charge in [0.1, 0.15) is 5.69 Å². The summed E-state index contributed by atoms with van der Waals surface area (Å²) < 4.78 is 1.68. The Labute approximate surface area is 151 Å². The van der Waals surface area contributed by atoms with Crippen LogP contribution in [0.4, 0.5) is 0 Å². The molecule has 3 aromatic rings. The Hall–Kier alpha value is -2.73. The van der Waals surface area contributed by atoms with Crippen molar-refractivity contribution in [2.45, 2.75) is 38.5 Å². The number of nitrogens with zero attached hydrogens (tertiary/aromatic N) is 3. The van der Waals surface area contributed by atoms with E-state index in [1.165, 1.54) is 0 Å². The van der Waals surface area contributed by atoms with Gasteiger partial charge in [-0.15, -0.1) is 0 Å². The van der Waals surface area contributed by atoms with Gasteiger partial charge in [-0.3, -0.25) is 14.5 Å². The molecule has 0 bridgehead atoms. The Morgan fingerprint density at radius 1 is 1.35 bits per heavy atom. The average molecular weight is 350 g/mol. The highest BCUT2D eigenvalue weighted by Crippen LogP contribution is 2.38. The van der Waals surface area contributed by atoms with Crippen LogP contribution in [0.1, 0.15) is 41.9 Å². The van der Waals surface area contributed by atoms with Gasteiger partial charge in [-0.1, -0.05) is 18.2 Å². The molecule has 1 saturated carbocycles. The van der Waals surface area contributed by atoms with Gasteiger partial charge in [-0.05, 0) is 49.4 Å². The van der Waals surface area contributed by atoms with Gasteiger partial charge >= 0.3 is 0 Å². The molecule has 0 radical (unpaired) electrons. The number of rotatable bonds is 5. The minimum atomic E-state index is -0.283. The zero-order valence-corrected chi connectivity index (χ0v) is 14.7. The van der Waals surface area contributed by atoms with Crippen LogP contribution in [0, 0.1) is 5.92 Å². The van der Waals surface area contributed by atoms with E-state index in [1.54, 1.807) is 16.9 Å². The maximum atomic E-state index is 12.8. The van der Waals surface area contributed by atoms with Gasteiger partial charge in [0.25, 0.3) is 5.91 Å². The Balaban J connectivity index is 1.64. The Morgan fingerprint density at radius 3 is 2.92 bits per heavy atom. The number of hydrogen-bond acceptors (Lipinski definition) is 4. The molecule has 0 aliphatic heterocycles. The fourth-order valence-corrected chi connectivity index (χ4v) is 3.63. The number of aromatic nitrogens is 3. The van der Waals surface area contributed by atoms with E-state index in [9.17, 15) is 9.90 Å². The number of para-hydroxylation sites is 1. The van der Waals surface area contributed by atoms with Crippen LogP contribution in [0.3, 0.4) is 0 Å². The number of nitrogens with one attached hydrogen (secondary N) is 1. The highest BCUT2D eigenvalue weighted by atomic mass is 16.3. The lowest BCUT2D eigenvalue weighted by Gasteiger charge is -2.38. The molecule has 6 heteroatoms. The molecular weight excluding hydrogens is 328 g/mol. The number of carbonyl (C=O) groups excluding carboxylic acids is 1. The lowest BCUT2D eigenvalue weighted by atomic mass is 9.75. The highest BCUT2D eigenvalue weighted by Gasteiger charge is 2.36. The predicted octanol–water partition coefficient (Wildman–Crippen LogP) is 2.69. The van der Waals surface area contributed by atoms with Crippen LogP contribution < -0.4 is 5.32 Å². The number of aliphatic hydroxyl groups excluding tert-OH is 1. The van der Waals surface area contributed by atoms with Crippen molar-refractivity contribution in [1.82, 2.24) is 20.1 Å². The molecule has 0 saturated heterocycles. The number of aryl methyl sites for hydroxylation is 1. The monoisotopic (exact) mass is 350 g/mol. The van der Waals surface area contributed by atoms with Crippen LogP contribution in [-0.2, 0) is 6.54 Å². The van der Waals surface area contributed by atoms with Crippen LogP contribution >= 0.6 is 0 Å². The highest BCUT2D eigenvalue weighted by molar-refractivity contribution is 5.92. The van der Waals surface area contributed by atoms with E-state index >= 15 is 0 Å². The first kappa shape index (κ1) is 16.7. The number of amides is 1. The van der Waals surface area contributed by atoms with Crippen molar-refractivity contribution >= 4 is 16.8 Å². The normalized spacial score (nSPS) is 20.5. The van der Waals surface area contributed by atoms with Crippen LogP contribution in [0.25, 0.3) is 10.9 Å².